The van der Waals surface area contributed by atoms with Crippen LogP contribution in [0, 0.1) is 0 Å². The number of nitrogens with zero attached hydrogens (tertiary/aromatic N) is 1. The molecule has 0 aliphatic carbocycles. The lowest BCUT2D eigenvalue weighted by molar-refractivity contribution is 0.0786. The van der Waals surface area contributed by atoms with Crippen LogP contribution in [-0.4, -0.2) is 23.3 Å². The van der Waals surface area contributed by atoms with Gasteiger partial charge in [0.15, 0.2) is 0 Å². The van der Waals surface area contributed by atoms with Gasteiger partial charge in [0.1, 0.15) is 5.75 Å². The zero-order chi connectivity index (χ0) is 12.5. The summed E-state index contributed by atoms with van der Waals surface area (Å²) in [6, 6.07) is 7.28. The lowest BCUT2D eigenvalue weighted by atomic mass is 9.96. The van der Waals surface area contributed by atoms with Crippen LogP contribution >= 0.6 is 11.6 Å². The van der Waals surface area contributed by atoms with Crippen LogP contribution < -0.4 is 0 Å². The standard InChI is InChI=1S/C14H14ClNO2/c15-11-4-1-5-12-10(11)7-13(17)14(16-12)9-3-2-6-18-8-9/h1,4-5,7,9,17H,2-3,6,8H2. The van der Waals surface area contributed by atoms with E-state index in [4.69, 9.17) is 16.3 Å². The van der Waals surface area contributed by atoms with Crippen LogP contribution in [0.25, 0.3) is 10.9 Å². The molecule has 4 heteroatoms. The largest absolute Gasteiger partial charge is 0.506 e. The Kier molecular flexibility index (Phi) is 3.10. The molecule has 1 unspecified atom stereocenters. The number of aromatic hydroxyl groups is 1. The molecule has 1 fully saturated rings. The molecule has 1 N–H and O–H groups in total. The Labute approximate surface area is 110 Å². The van der Waals surface area contributed by atoms with Crippen molar-refractivity contribution in [3.63, 3.8) is 0 Å². The Morgan fingerprint density at radius 2 is 2.28 bits per heavy atom. The first-order valence-electron chi connectivity index (χ1n) is 6.11. The highest BCUT2D eigenvalue weighted by molar-refractivity contribution is 6.35. The zero-order valence-corrected chi connectivity index (χ0v) is 10.7. The maximum absolute atomic E-state index is 10.1. The minimum atomic E-state index is 0.183. The molecule has 3 rings (SSSR count). The van der Waals surface area contributed by atoms with Crippen LogP contribution in [0.3, 0.4) is 0 Å². The van der Waals surface area contributed by atoms with E-state index < -0.39 is 0 Å². The highest BCUT2D eigenvalue weighted by Gasteiger charge is 2.21. The molecule has 1 aromatic heterocycles. The second-order valence-electron chi connectivity index (χ2n) is 4.61. The molecule has 2 aromatic rings. The van der Waals surface area contributed by atoms with E-state index in [2.05, 4.69) is 4.98 Å². The first-order valence-corrected chi connectivity index (χ1v) is 6.49. The van der Waals surface area contributed by atoms with Gasteiger partial charge in [-0.1, -0.05) is 17.7 Å². The number of pyridine rings is 1. The van der Waals surface area contributed by atoms with Gasteiger partial charge in [-0.25, -0.2) is 4.98 Å². The minimum absolute atomic E-state index is 0.183. The van der Waals surface area contributed by atoms with E-state index in [-0.39, 0.29) is 11.7 Å². The first kappa shape index (κ1) is 11.8. The summed E-state index contributed by atoms with van der Waals surface area (Å²) in [5.41, 5.74) is 1.55. The number of fused-ring (bicyclic) bond motifs is 1. The summed E-state index contributed by atoms with van der Waals surface area (Å²) < 4.78 is 5.45. The van der Waals surface area contributed by atoms with Crippen molar-refractivity contribution in [3.8, 4) is 5.75 Å². The van der Waals surface area contributed by atoms with Crippen molar-refractivity contribution in [1.29, 1.82) is 0 Å². The monoisotopic (exact) mass is 263 g/mol. The number of rotatable bonds is 1. The molecule has 1 aliphatic rings. The van der Waals surface area contributed by atoms with Gasteiger partial charge in [0.25, 0.3) is 0 Å². The highest BCUT2D eigenvalue weighted by Crippen LogP contribution is 2.34. The minimum Gasteiger partial charge on any atom is -0.506 e. The van der Waals surface area contributed by atoms with Crippen LogP contribution in [0.15, 0.2) is 24.3 Å². The Balaban J connectivity index is 2.09. The Morgan fingerprint density at radius 3 is 3.06 bits per heavy atom. The van der Waals surface area contributed by atoms with E-state index in [0.717, 1.165) is 36.0 Å². The number of hydrogen-bond acceptors (Lipinski definition) is 3. The highest BCUT2D eigenvalue weighted by atomic mass is 35.5. The maximum Gasteiger partial charge on any atom is 0.138 e. The molecule has 1 saturated heterocycles. The molecular weight excluding hydrogens is 250 g/mol. The first-order chi connectivity index (χ1) is 8.75. The van der Waals surface area contributed by atoms with Crippen LogP contribution in [-0.2, 0) is 4.74 Å². The van der Waals surface area contributed by atoms with E-state index in [1.165, 1.54) is 0 Å². The number of ether oxygens (including phenoxy) is 1. The second kappa shape index (κ2) is 4.75. The summed E-state index contributed by atoms with van der Waals surface area (Å²) in [7, 11) is 0. The number of aromatic nitrogens is 1. The van der Waals surface area contributed by atoms with Gasteiger partial charge in [-0.2, -0.15) is 0 Å². The van der Waals surface area contributed by atoms with Crippen molar-refractivity contribution in [2.45, 2.75) is 18.8 Å². The van der Waals surface area contributed by atoms with Crippen molar-refractivity contribution in [3.05, 3.63) is 35.0 Å². The van der Waals surface area contributed by atoms with Gasteiger partial charge < -0.3 is 9.84 Å². The van der Waals surface area contributed by atoms with Crippen LogP contribution in [0.4, 0.5) is 0 Å². The number of benzene rings is 1. The van der Waals surface area contributed by atoms with Gasteiger partial charge >= 0.3 is 0 Å². The van der Waals surface area contributed by atoms with Gasteiger partial charge in [-0.3, -0.25) is 0 Å². The third kappa shape index (κ3) is 2.04. The van der Waals surface area contributed by atoms with Gasteiger partial charge in [0.05, 0.1) is 22.8 Å². The Bertz CT molecular complexity index is 579. The SMILES string of the molecule is Oc1cc2c(Cl)cccc2nc1C1CCCOC1. The molecule has 0 spiro atoms. The fraction of sp³-hybridized carbons (Fsp3) is 0.357. The van der Waals surface area contributed by atoms with E-state index in [0.29, 0.717) is 11.6 Å². The number of halogens is 1. The molecule has 94 valence electrons. The quantitative estimate of drug-likeness (QED) is 0.856. The van der Waals surface area contributed by atoms with Crippen molar-refractivity contribution >= 4 is 22.5 Å². The van der Waals surface area contributed by atoms with Crippen molar-refractivity contribution in [2.24, 2.45) is 0 Å². The summed E-state index contributed by atoms with van der Waals surface area (Å²) in [6.45, 7) is 1.43. The predicted octanol–water partition coefficient (Wildman–Crippen LogP) is 3.49. The van der Waals surface area contributed by atoms with Crippen LogP contribution in [0.2, 0.25) is 5.02 Å². The van der Waals surface area contributed by atoms with Crippen LogP contribution in [0.5, 0.6) is 5.75 Å². The lowest BCUT2D eigenvalue weighted by Gasteiger charge is -2.22. The average Bonchev–Trinajstić information content (AvgIpc) is 2.40. The lowest BCUT2D eigenvalue weighted by Crippen LogP contribution is -2.16. The average molecular weight is 264 g/mol. The third-order valence-corrected chi connectivity index (χ3v) is 3.69. The summed E-state index contributed by atoms with van der Waals surface area (Å²) >= 11 is 6.09. The molecule has 0 saturated carbocycles. The second-order valence-corrected chi connectivity index (χ2v) is 5.02. The van der Waals surface area contributed by atoms with Gasteiger partial charge in [0.2, 0.25) is 0 Å². The molecule has 0 bridgehead atoms. The topological polar surface area (TPSA) is 42.4 Å². The van der Waals surface area contributed by atoms with Crippen molar-refractivity contribution < 1.29 is 9.84 Å². The fourth-order valence-electron chi connectivity index (χ4n) is 2.42. The Hall–Kier alpha value is -1.32. The smallest absolute Gasteiger partial charge is 0.138 e. The van der Waals surface area contributed by atoms with Gasteiger partial charge in [-0.15, -0.1) is 0 Å². The Morgan fingerprint density at radius 1 is 1.39 bits per heavy atom. The van der Waals surface area contributed by atoms with E-state index >= 15 is 0 Å². The fourth-order valence-corrected chi connectivity index (χ4v) is 2.64. The summed E-state index contributed by atoms with van der Waals surface area (Å²) in [6.07, 6.45) is 2.02. The van der Waals surface area contributed by atoms with E-state index in [9.17, 15) is 5.11 Å². The van der Waals surface area contributed by atoms with E-state index in [1.54, 1.807) is 12.1 Å². The molecule has 1 atom stereocenters. The molecule has 18 heavy (non-hydrogen) atoms. The predicted molar refractivity (Wildman–Crippen MR) is 71.2 cm³/mol. The molecular formula is C14H14ClNO2. The normalized spacial score (nSPS) is 20.2. The molecule has 1 aliphatic heterocycles. The molecule has 3 nitrogen and oxygen atoms in total. The van der Waals surface area contributed by atoms with Crippen LogP contribution in [0.1, 0.15) is 24.5 Å². The summed E-state index contributed by atoms with van der Waals surface area (Å²) in [4.78, 5) is 4.54. The van der Waals surface area contributed by atoms with Gasteiger partial charge in [-0.05, 0) is 31.0 Å². The zero-order valence-electron chi connectivity index (χ0n) is 9.90. The van der Waals surface area contributed by atoms with Gasteiger partial charge in [0, 0.05) is 17.9 Å². The van der Waals surface area contributed by atoms with Crippen molar-refractivity contribution in [2.75, 3.05) is 13.2 Å². The third-order valence-electron chi connectivity index (χ3n) is 3.36. The summed E-state index contributed by atoms with van der Waals surface area (Å²) in [5.74, 6) is 0.397. The number of hydrogen-bond donors (Lipinski definition) is 1. The van der Waals surface area contributed by atoms with E-state index in [1.807, 2.05) is 12.1 Å². The van der Waals surface area contributed by atoms with Crippen molar-refractivity contribution in [1.82, 2.24) is 4.98 Å². The maximum atomic E-state index is 10.1. The summed E-state index contributed by atoms with van der Waals surface area (Å²) in [5, 5.41) is 11.5. The molecule has 0 radical (unpaired) electrons. The molecule has 2 heterocycles. The molecule has 0 amide bonds. The molecule has 1 aromatic carbocycles.